The second-order valence-corrected chi connectivity index (χ2v) is 7.08. The van der Waals surface area contributed by atoms with E-state index in [9.17, 15) is 9.59 Å². The number of para-hydroxylation sites is 1. The number of H-pyrrole nitrogens is 1. The average Bonchev–Trinajstić information content (AvgIpc) is 3.19. The molecule has 1 spiro atoms. The number of aromatic nitrogens is 1. The zero-order chi connectivity index (χ0) is 17.6. The number of benzene rings is 1. The Morgan fingerprint density at radius 3 is 2.88 bits per heavy atom. The summed E-state index contributed by atoms with van der Waals surface area (Å²) in [6.45, 7) is 3.90. The number of likely N-dealkylation sites (tertiary alicyclic amines) is 1. The standard InChI is InChI=1S/C19H23N3O3/c1-3-13-14-6-4-5-7-15(14)20-17(13)18(24)22-9-8-19(12-22)11-21(2)16(23)10-25-19/h4-7,20H,3,8-12H2,1-2H3/t19-/m1/s1. The maximum atomic E-state index is 13.1. The van der Waals surface area contributed by atoms with E-state index in [1.807, 2.05) is 23.1 Å². The molecule has 0 radical (unpaired) electrons. The Morgan fingerprint density at radius 1 is 1.32 bits per heavy atom. The molecule has 25 heavy (non-hydrogen) atoms. The van der Waals surface area contributed by atoms with Crippen molar-refractivity contribution in [2.24, 2.45) is 0 Å². The van der Waals surface area contributed by atoms with Crippen LogP contribution in [0, 0.1) is 0 Å². The summed E-state index contributed by atoms with van der Waals surface area (Å²) >= 11 is 0. The molecule has 1 aromatic carbocycles. The van der Waals surface area contributed by atoms with Crippen molar-refractivity contribution in [2.45, 2.75) is 25.4 Å². The second kappa shape index (κ2) is 5.88. The van der Waals surface area contributed by atoms with E-state index in [4.69, 9.17) is 4.74 Å². The molecular weight excluding hydrogens is 318 g/mol. The number of aryl methyl sites for hydroxylation is 1. The van der Waals surface area contributed by atoms with Gasteiger partial charge in [0.25, 0.3) is 5.91 Å². The topological polar surface area (TPSA) is 65.6 Å². The molecule has 0 unspecified atom stereocenters. The number of morpholine rings is 1. The lowest BCUT2D eigenvalue weighted by Crippen LogP contribution is -2.54. The van der Waals surface area contributed by atoms with Gasteiger partial charge in [0.2, 0.25) is 5.91 Å². The number of rotatable bonds is 2. The van der Waals surface area contributed by atoms with Gasteiger partial charge in [0.1, 0.15) is 17.9 Å². The van der Waals surface area contributed by atoms with E-state index in [1.54, 1.807) is 11.9 Å². The van der Waals surface area contributed by atoms with Gasteiger partial charge >= 0.3 is 0 Å². The summed E-state index contributed by atoms with van der Waals surface area (Å²) < 4.78 is 5.85. The number of likely N-dealkylation sites (N-methyl/N-ethyl adjacent to an activating group) is 1. The van der Waals surface area contributed by atoms with Gasteiger partial charge < -0.3 is 19.5 Å². The van der Waals surface area contributed by atoms with Crippen LogP contribution >= 0.6 is 0 Å². The maximum absolute atomic E-state index is 13.1. The van der Waals surface area contributed by atoms with E-state index in [1.165, 1.54) is 0 Å². The molecule has 3 heterocycles. The molecule has 0 saturated carbocycles. The number of carbonyl (C=O) groups is 2. The molecule has 1 N–H and O–H groups in total. The monoisotopic (exact) mass is 341 g/mol. The van der Waals surface area contributed by atoms with Crippen LogP contribution in [-0.4, -0.2) is 65.5 Å². The predicted octanol–water partition coefficient (Wildman–Crippen LogP) is 1.80. The molecule has 6 nitrogen and oxygen atoms in total. The van der Waals surface area contributed by atoms with Gasteiger partial charge in [-0.3, -0.25) is 9.59 Å². The number of hydrogen-bond donors (Lipinski definition) is 1. The summed E-state index contributed by atoms with van der Waals surface area (Å²) in [6, 6.07) is 8.02. The zero-order valence-corrected chi connectivity index (χ0v) is 14.7. The Labute approximate surface area is 146 Å². The molecule has 2 aliphatic rings. The SMILES string of the molecule is CCc1c(C(=O)N2CC[C@@]3(CN(C)C(=O)CO3)C2)[nH]c2ccccc12. The van der Waals surface area contributed by atoms with Gasteiger partial charge in [-0.05, 0) is 24.5 Å². The highest BCUT2D eigenvalue weighted by Gasteiger charge is 2.45. The van der Waals surface area contributed by atoms with E-state index < -0.39 is 5.60 Å². The number of hydrogen-bond acceptors (Lipinski definition) is 3. The van der Waals surface area contributed by atoms with Crippen LogP contribution in [0.3, 0.4) is 0 Å². The molecule has 132 valence electrons. The third kappa shape index (κ3) is 2.61. The van der Waals surface area contributed by atoms with E-state index >= 15 is 0 Å². The van der Waals surface area contributed by atoms with Crippen LogP contribution in [-0.2, 0) is 16.0 Å². The average molecular weight is 341 g/mol. The Bertz CT molecular complexity index is 844. The highest BCUT2D eigenvalue weighted by atomic mass is 16.5. The largest absolute Gasteiger partial charge is 0.361 e. The molecule has 0 aliphatic carbocycles. The molecule has 2 fully saturated rings. The van der Waals surface area contributed by atoms with Crippen LogP contribution in [0.25, 0.3) is 10.9 Å². The van der Waals surface area contributed by atoms with Crippen LogP contribution in [0.5, 0.6) is 0 Å². The number of fused-ring (bicyclic) bond motifs is 1. The van der Waals surface area contributed by atoms with Crippen LogP contribution < -0.4 is 0 Å². The summed E-state index contributed by atoms with van der Waals surface area (Å²) in [5.41, 5.74) is 2.33. The molecule has 2 aliphatic heterocycles. The van der Waals surface area contributed by atoms with E-state index in [2.05, 4.69) is 18.0 Å². The Morgan fingerprint density at radius 2 is 2.12 bits per heavy atom. The van der Waals surface area contributed by atoms with Crippen LogP contribution in [0.15, 0.2) is 24.3 Å². The first-order chi connectivity index (χ1) is 12.0. The quantitative estimate of drug-likeness (QED) is 0.906. The number of nitrogens with zero attached hydrogens (tertiary/aromatic N) is 2. The number of ether oxygens (including phenoxy) is 1. The molecule has 2 saturated heterocycles. The Hall–Kier alpha value is -2.34. The van der Waals surface area contributed by atoms with E-state index in [0.29, 0.717) is 25.3 Å². The fraction of sp³-hybridized carbons (Fsp3) is 0.474. The summed E-state index contributed by atoms with van der Waals surface area (Å²) in [5.74, 6) is 0.0207. The molecule has 1 atom stereocenters. The molecular formula is C19H23N3O3. The lowest BCUT2D eigenvalue weighted by molar-refractivity contribution is -0.158. The van der Waals surface area contributed by atoms with Crippen LogP contribution in [0.2, 0.25) is 0 Å². The van der Waals surface area contributed by atoms with Gasteiger partial charge in [-0.2, -0.15) is 0 Å². The smallest absolute Gasteiger partial charge is 0.270 e. The van der Waals surface area contributed by atoms with Crippen molar-refractivity contribution in [1.82, 2.24) is 14.8 Å². The molecule has 4 rings (SSSR count). The first-order valence-electron chi connectivity index (χ1n) is 8.80. The minimum atomic E-state index is -0.420. The molecule has 1 aromatic heterocycles. The van der Waals surface area contributed by atoms with Crippen LogP contribution in [0.4, 0.5) is 0 Å². The van der Waals surface area contributed by atoms with Crippen molar-refractivity contribution in [3.05, 3.63) is 35.5 Å². The minimum Gasteiger partial charge on any atom is -0.361 e. The molecule has 2 amide bonds. The predicted molar refractivity (Wildman–Crippen MR) is 94.5 cm³/mol. The second-order valence-electron chi connectivity index (χ2n) is 7.08. The van der Waals surface area contributed by atoms with Crippen molar-refractivity contribution >= 4 is 22.7 Å². The van der Waals surface area contributed by atoms with Crippen LogP contribution in [0.1, 0.15) is 29.4 Å². The van der Waals surface area contributed by atoms with Crippen molar-refractivity contribution in [1.29, 1.82) is 0 Å². The maximum Gasteiger partial charge on any atom is 0.270 e. The summed E-state index contributed by atoms with van der Waals surface area (Å²) in [7, 11) is 1.80. The third-order valence-electron chi connectivity index (χ3n) is 5.44. The fourth-order valence-corrected chi connectivity index (χ4v) is 4.06. The summed E-state index contributed by atoms with van der Waals surface area (Å²) in [5, 5.41) is 1.11. The zero-order valence-electron chi connectivity index (χ0n) is 14.7. The van der Waals surface area contributed by atoms with Crippen molar-refractivity contribution in [3.8, 4) is 0 Å². The number of amides is 2. The number of aromatic amines is 1. The van der Waals surface area contributed by atoms with Crippen molar-refractivity contribution in [2.75, 3.05) is 33.3 Å². The number of carbonyl (C=O) groups excluding carboxylic acids is 2. The first kappa shape index (κ1) is 16.1. The van der Waals surface area contributed by atoms with E-state index in [0.717, 1.165) is 29.3 Å². The summed E-state index contributed by atoms with van der Waals surface area (Å²) in [6.07, 6.45) is 1.57. The molecule has 6 heteroatoms. The fourth-order valence-electron chi connectivity index (χ4n) is 4.06. The minimum absolute atomic E-state index is 0.000659. The van der Waals surface area contributed by atoms with E-state index in [-0.39, 0.29) is 18.4 Å². The van der Waals surface area contributed by atoms with Gasteiger partial charge in [-0.1, -0.05) is 25.1 Å². The number of nitrogens with one attached hydrogen (secondary N) is 1. The van der Waals surface area contributed by atoms with Gasteiger partial charge in [-0.25, -0.2) is 0 Å². The first-order valence-corrected chi connectivity index (χ1v) is 8.80. The highest BCUT2D eigenvalue weighted by Crippen LogP contribution is 2.31. The van der Waals surface area contributed by atoms with Gasteiger partial charge in [0.15, 0.2) is 0 Å². The lowest BCUT2D eigenvalue weighted by Gasteiger charge is -2.38. The van der Waals surface area contributed by atoms with Gasteiger partial charge in [0.05, 0.1) is 13.1 Å². The third-order valence-corrected chi connectivity index (χ3v) is 5.44. The van der Waals surface area contributed by atoms with Crippen molar-refractivity contribution in [3.63, 3.8) is 0 Å². The highest BCUT2D eigenvalue weighted by molar-refractivity contribution is 6.01. The Kier molecular flexibility index (Phi) is 3.80. The molecule has 2 aromatic rings. The Balaban J connectivity index is 1.59. The molecule has 0 bridgehead atoms. The summed E-state index contributed by atoms with van der Waals surface area (Å²) in [4.78, 5) is 31.7. The lowest BCUT2D eigenvalue weighted by atomic mass is 10.0. The van der Waals surface area contributed by atoms with Gasteiger partial charge in [-0.15, -0.1) is 0 Å². The van der Waals surface area contributed by atoms with Crippen molar-refractivity contribution < 1.29 is 14.3 Å². The van der Waals surface area contributed by atoms with Gasteiger partial charge in [0, 0.05) is 24.5 Å². The normalized spacial score (nSPS) is 23.8.